The fourth-order valence-corrected chi connectivity index (χ4v) is 3.34. The second-order valence-electron chi connectivity index (χ2n) is 4.95. The predicted octanol–water partition coefficient (Wildman–Crippen LogP) is 6.82. The van der Waals surface area contributed by atoms with Crippen LogP contribution in [0.3, 0.4) is 0 Å². The van der Waals surface area contributed by atoms with Crippen molar-refractivity contribution in [2.75, 3.05) is 0 Å². The molecule has 0 radical (unpaired) electrons. The summed E-state index contributed by atoms with van der Waals surface area (Å²) >= 11 is 21.7. The summed E-state index contributed by atoms with van der Waals surface area (Å²) in [5, 5.41) is 5.39. The lowest BCUT2D eigenvalue weighted by Gasteiger charge is -2.22. The molecule has 2 unspecified atom stereocenters. The van der Waals surface area contributed by atoms with Crippen molar-refractivity contribution in [3.63, 3.8) is 0 Å². The molecule has 0 aliphatic carbocycles. The highest BCUT2D eigenvalue weighted by Crippen LogP contribution is 2.30. The molecule has 1 nitrogen and oxygen atoms in total. The van der Waals surface area contributed by atoms with Crippen LogP contribution in [0.5, 0.6) is 0 Å². The highest BCUT2D eigenvalue weighted by molar-refractivity contribution is 9.10. The van der Waals surface area contributed by atoms with Gasteiger partial charge in [0.15, 0.2) is 0 Å². The number of benzene rings is 2. The molecule has 0 spiro atoms. The predicted molar refractivity (Wildman–Crippen MR) is 95.6 cm³/mol. The van der Waals surface area contributed by atoms with Gasteiger partial charge in [-0.1, -0.05) is 62.9 Å². The van der Waals surface area contributed by atoms with E-state index in [-0.39, 0.29) is 12.1 Å². The van der Waals surface area contributed by atoms with Crippen molar-refractivity contribution in [1.29, 1.82) is 0 Å². The van der Waals surface area contributed by atoms with Crippen molar-refractivity contribution < 1.29 is 0 Å². The van der Waals surface area contributed by atoms with Gasteiger partial charge in [0.25, 0.3) is 0 Å². The highest BCUT2D eigenvalue weighted by atomic mass is 79.9. The van der Waals surface area contributed by atoms with E-state index in [2.05, 4.69) is 35.1 Å². The van der Waals surface area contributed by atoms with E-state index in [1.54, 1.807) is 0 Å². The van der Waals surface area contributed by atoms with Gasteiger partial charge in [-0.05, 0) is 49.2 Å². The van der Waals surface area contributed by atoms with Crippen molar-refractivity contribution in [2.45, 2.75) is 25.9 Å². The average molecular weight is 408 g/mol. The molecule has 2 aromatic rings. The summed E-state index contributed by atoms with van der Waals surface area (Å²) in [5.41, 5.74) is 2.15. The van der Waals surface area contributed by atoms with E-state index in [0.717, 1.165) is 20.6 Å². The molecule has 112 valence electrons. The molecule has 0 aliphatic heterocycles. The topological polar surface area (TPSA) is 12.0 Å². The Morgan fingerprint density at radius 3 is 2.19 bits per heavy atom. The molecule has 0 amide bonds. The van der Waals surface area contributed by atoms with Gasteiger partial charge in [-0.2, -0.15) is 0 Å². The SMILES string of the molecule is CC(NC(C)c1ccc(Br)cc1Cl)c1ccc(Cl)c(Cl)c1. The first-order valence-corrected chi connectivity index (χ1v) is 8.47. The van der Waals surface area contributed by atoms with Gasteiger partial charge in [0, 0.05) is 21.6 Å². The molecule has 0 heterocycles. The molecule has 0 saturated heterocycles. The zero-order chi connectivity index (χ0) is 15.6. The Bertz CT molecular complexity index is 645. The molecular weight excluding hydrogens is 392 g/mol. The van der Waals surface area contributed by atoms with Crippen LogP contribution in [0.25, 0.3) is 0 Å². The molecule has 0 aliphatic rings. The van der Waals surface area contributed by atoms with Crippen LogP contribution in [0.1, 0.15) is 37.1 Å². The smallest absolute Gasteiger partial charge is 0.0595 e. The zero-order valence-electron chi connectivity index (χ0n) is 11.6. The van der Waals surface area contributed by atoms with Gasteiger partial charge in [0.1, 0.15) is 0 Å². The minimum Gasteiger partial charge on any atom is -0.304 e. The molecule has 0 bridgehead atoms. The molecule has 1 N–H and O–H groups in total. The molecule has 5 heteroatoms. The van der Waals surface area contributed by atoms with Gasteiger partial charge in [0.05, 0.1) is 10.0 Å². The summed E-state index contributed by atoms with van der Waals surface area (Å²) in [6, 6.07) is 11.8. The maximum Gasteiger partial charge on any atom is 0.0595 e. The molecule has 0 fully saturated rings. The van der Waals surface area contributed by atoms with E-state index >= 15 is 0 Å². The summed E-state index contributed by atoms with van der Waals surface area (Å²) in [5.74, 6) is 0. The molecule has 0 aromatic heterocycles. The molecule has 21 heavy (non-hydrogen) atoms. The largest absolute Gasteiger partial charge is 0.304 e. The Kier molecular flexibility index (Phi) is 5.98. The quantitative estimate of drug-likeness (QED) is 0.586. The maximum absolute atomic E-state index is 6.29. The van der Waals surface area contributed by atoms with Crippen molar-refractivity contribution in [1.82, 2.24) is 5.32 Å². The first-order chi connectivity index (χ1) is 9.88. The first kappa shape index (κ1) is 17.1. The summed E-state index contributed by atoms with van der Waals surface area (Å²) in [6.07, 6.45) is 0. The third-order valence-corrected chi connectivity index (χ3v) is 4.93. The Morgan fingerprint density at radius 1 is 0.857 bits per heavy atom. The normalized spacial score (nSPS) is 14.0. The van der Waals surface area contributed by atoms with Gasteiger partial charge in [-0.15, -0.1) is 0 Å². The minimum absolute atomic E-state index is 0.120. The van der Waals surface area contributed by atoms with Crippen LogP contribution in [0.15, 0.2) is 40.9 Å². The molecule has 2 rings (SSSR count). The lowest BCUT2D eigenvalue weighted by molar-refractivity contribution is 0.495. The van der Waals surface area contributed by atoms with Crippen LogP contribution < -0.4 is 5.32 Å². The lowest BCUT2D eigenvalue weighted by Crippen LogP contribution is -2.22. The first-order valence-electron chi connectivity index (χ1n) is 6.54. The Balaban J connectivity index is 2.14. The fraction of sp³-hybridized carbons (Fsp3) is 0.250. The van der Waals surface area contributed by atoms with Crippen LogP contribution in [0.2, 0.25) is 15.1 Å². The van der Waals surface area contributed by atoms with E-state index in [1.807, 2.05) is 36.4 Å². The number of hydrogen-bond donors (Lipinski definition) is 1. The van der Waals surface area contributed by atoms with Crippen LogP contribution in [0, 0.1) is 0 Å². The average Bonchev–Trinajstić information content (AvgIpc) is 2.41. The maximum atomic E-state index is 6.29. The van der Waals surface area contributed by atoms with Gasteiger partial charge in [-0.3, -0.25) is 0 Å². The van der Waals surface area contributed by atoms with E-state index in [1.165, 1.54) is 0 Å². The van der Waals surface area contributed by atoms with E-state index < -0.39 is 0 Å². The van der Waals surface area contributed by atoms with Crippen LogP contribution in [-0.2, 0) is 0 Å². The third-order valence-electron chi connectivity index (χ3n) is 3.37. The number of nitrogens with one attached hydrogen (secondary N) is 1. The zero-order valence-corrected chi connectivity index (χ0v) is 15.5. The second kappa shape index (κ2) is 7.34. The Morgan fingerprint density at radius 2 is 1.57 bits per heavy atom. The van der Waals surface area contributed by atoms with Gasteiger partial charge < -0.3 is 5.32 Å². The summed E-state index contributed by atoms with van der Waals surface area (Å²) < 4.78 is 0.973. The number of halogens is 4. The summed E-state index contributed by atoms with van der Waals surface area (Å²) in [7, 11) is 0. The molecule has 2 aromatic carbocycles. The summed E-state index contributed by atoms with van der Waals surface area (Å²) in [6.45, 7) is 4.17. The Hall–Kier alpha value is -0.250. The summed E-state index contributed by atoms with van der Waals surface area (Å²) in [4.78, 5) is 0. The van der Waals surface area contributed by atoms with Crippen molar-refractivity contribution in [3.8, 4) is 0 Å². The fourth-order valence-electron chi connectivity index (χ4n) is 2.20. The standard InChI is InChI=1S/C16H15BrCl3N/c1-9(11-3-6-14(18)16(20)7-11)21-10(2)13-5-4-12(17)8-15(13)19/h3-10,21H,1-2H3. The van der Waals surface area contributed by atoms with Crippen LogP contribution in [0.4, 0.5) is 0 Å². The third kappa shape index (κ3) is 4.37. The van der Waals surface area contributed by atoms with Crippen molar-refractivity contribution in [3.05, 3.63) is 67.1 Å². The van der Waals surface area contributed by atoms with E-state index in [0.29, 0.717) is 10.0 Å². The highest BCUT2D eigenvalue weighted by Gasteiger charge is 2.14. The van der Waals surface area contributed by atoms with E-state index in [4.69, 9.17) is 34.8 Å². The number of rotatable bonds is 4. The number of hydrogen-bond acceptors (Lipinski definition) is 1. The molecule has 2 atom stereocenters. The van der Waals surface area contributed by atoms with Crippen molar-refractivity contribution in [2.24, 2.45) is 0 Å². The van der Waals surface area contributed by atoms with E-state index in [9.17, 15) is 0 Å². The van der Waals surface area contributed by atoms with Crippen LogP contribution in [-0.4, -0.2) is 0 Å². The lowest BCUT2D eigenvalue weighted by atomic mass is 10.0. The van der Waals surface area contributed by atoms with Crippen molar-refractivity contribution >= 4 is 50.7 Å². The second-order valence-corrected chi connectivity index (χ2v) is 7.09. The molecular formula is C16H15BrCl3N. The van der Waals surface area contributed by atoms with Gasteiger partial charge >= 0.3 is 0 Å². The van der Waals surface area contributed by atoms with Gasteiger partial charge in [-0.25, -0.2) is 0 Å². The molecule has 0 saturated carbocycles. The monoisotopic (exact) mass is 405 g/mol. The Labute approximate surface area is 148 Å². The van der Waals surface area contributed by atoms with Gasteiger partial charge in [0.2, 0.25) is 0 Å². The minimum atomic E-state index is 0.120. The van der Waals surface area contributed by atoms with Crippen LogP contribution >= 0.6 is 50.7 Å².